The third-order valence-electron chi connectivity index (χ3n) is 4.50. The maximum Gasteiger partial charge on any atom is 0.253 e. The van der Waals surface area contributed by atoms with Crippen LogP contribution in [0.2, 0.25) is 0 Å². The number of anilines is 1. The molecule has 1 amide bonds. The quantitative estimate of drug-likeness (QED) is 0.925. The summed E-state index contributed by atoms with van der Waals surface area (Å²) in [5.41, 5.74) is 9.60. The number of nitrogens with two attached hydrogens (primary N) is 1. The van der Waals surface area contributed by atoms with E-state index in [0.717, 1.165) is 42.8 Å². The Balaban J connectivity index is 1.65. The van der Waals surface area contributed by atoms with Crippen LogP contribution in [-0.4, -0.2) is 29.1 Å². The average Bonchev–Trinajstić information content (AvgIpc) is 2.96. The Morgan fingerprint density at radius 1 is 1.23 bits per heavy atom. The Morgan fingerprint density at radius 2 is 1.95 bits per heavy atom. The Kier molecular flexibility index (Phi) is 3.88. The van der Waals surface area contributed by atoms with Crippen molar-refractivity contribution in [3.05, 3.63) is 46.6 Å². The zero-order valence-corrected chi connectivity index (χ0v) is 13.0. The fourth-order valence-corrected chi connectivity index (χ4v) is 2.93. The molecule has 116 valence electrons. The van der Waals surface area contributed by atoms with E-state index < -0.39 is 0 Å². The van der Waals surface area contributed by atoms with Crippen molar-refractivity contribution < 1.29 is 9.32 Å². The second-order valence-corrected chi connectivity index (χ2v) is 6.02. The normalized spacial score (nSPS) is 16.0. The van der Waals surface area contributed by atoms with Crippen LogP contribution in [0.5, 0.6) is 0 Å². The first kappa shape index (κ1) is 14.6. The van der Waals surface area contributed by atoms with Gasteiger partial charge in [-0.3, -0.25) is 4.79 Å². The highest BCUT2D eigenvalue weighted by atomic mass is 16.5. The summed E-state index contributed by atoms with van der Waals surface area (Å²) in [5, 5.41) is 3.99. The minimum absolute atomic E-state index is 0.112. The van der Waals surface area contributed by atoms with E-state index in [-0.39, 0.29) is 5.91 Å². The topological polar surface area (TPSA) is 72.4 Å². The van der Waals surface area contributed by atoms with Crippen molar-refractivity contribution in [1.82, 2.24) is 10.1 Å². The Bertz CT molecular complexity index is 685. The number of hydrogen-bond acceptors (Lipinski definition) is 4. The first-order valence-corrected chi connectivity index (χ1v) is 7.63. The van der Waals surface area contributed by atoms with Crippen LogP contribution in [0.3, 0.4) is 0 Å². The number of likely N-dealkylation sites (tertiary alicyclic amines) is 1. The van der Waals surface area contributed by atoms with E-state index in [1.165, 1.54) is 5.56 Å². The van der Waals surface area contributed by atoms with Crippen molar-refractivity contribution in [2.45, 2.75) is 32.6 Å². The summed E-state index contributed by atoms with van der Waals surface area (Å²) >= 11 is 0. The minimum atomic E-state index is 0.112. The number of carbonyl (C=O) groups excluding carboxylic acids is 1. The number of amides is 1. The molecule has 1 aromatic carbocycles. The molecule has 1 saturated heterocycles. The van der Waals surface area contributed by atoms with E-state index in [4.69, 9.17) is 10.3 Å². The molecule has 1 aliphatic rings. The van der Waals surface area contributed by atoms with E-state index in [1.807, 2.05) is 30.0 Å². The number of hydrogen-bond donors (Lipinski definition) is 1. The third kappa shape index (κ3) is 2.84. The smallest absolute Gasteiger partial charge is 0.253 e. The predicted molar refractivity (Wildman–Crippen MR) is 84.7 cm³/mol. The number of piperidine rings is 1. The summed E-state index contributed by atoms with van der Waals surface area (Å²) in [4.78, 5) is 14.5. The second kappa shape index (κ2) is 5.83. The van der Waals surface area contributed by atoms with Crippen molar-refractivity contribution >= 4 is 11.8 Å². The molecule has 1 aliphatic heterocycles. The van der Waals surface area contributed by atoms with Crippen molar-refractivity contribution in [2.75, 3.05) is 18.8 Å². The first-order valence-electron chi connectivity index (χ1n) is 7.63. The van der Waals surface area contributed by atoms with Crippen LogP contribution in [0.15, 0.2) is 28.8 Å². The fraction of sp³-hybridized carbons (Fsp3) is 0.412. The molecule has 1 aromatic heterocycles. The lowest BCUT2D eigenvalue weighted by Crippen LogP contribution is -2.38. The number of nitrogens with zero attached hydrogens (tertiary/aromatic N) is 2. The summed E-state index contributed by atoms with van der Waals surface area (Å²) in [6.45, 7) is 5.57. The van der Waals surface area contributed by atoms with Gasteiger partial charge in [0.25, 0.3) is 5.91 Å². The summed E-state index contributed by atoms with van der Waals surface area (Å²) in [6, 6.07) is 7.68. The maximum absolute atomic E-state index is 12.6. The number of nitrogen functional groups attached to an aromatic ring is 1. The fourth-order valence-electron chi connectivity index (χ4n) is 2.93. The number of aryl methyl sites for hydroxylation is 2. The monoisotopic (exact) mass is 299 g/mol. The van der Waals surface area contributed by atoms with Crippen LogP contribution in [0.25, 0.3) is 0 Å². The van der Waals surface area contributed by atoms with E-state index in [0.29, 0.717) is 11.8 Å². The van der Waals surface area contributed by atoms with Gasteiger partial charge < -0.3 is 15.2 Å². The summed E-state index contributed by atoms with van der Waals surface area (Å²) in [5.74, 6) is 0.787. The molecular weight excluding hydrogens is 278 g/mol. The van der Waals surface area contributed by atoms with Crippen molar-refractivity contribution in [1.29, 1.82) is 0 Å². The molecule has 1 fully saturated rings. The van der Waals surface area contributed by atoms with Crippen LogP contribution in [-0.2, 0) is 0 Å². The summed E-state index contributed by atoms with van der Waals surface area (Å²) < 4.78 is 4.93. The predicted octanol–water partition coefficient (Wildman–Crippen LogP) is 2.89. The van der Waals surface area contributed by atoms with Gasteiger partial charge in [-0.25, -0.2) is 0 Å². The highest BCUT2D eigenvalue weighted by Gasteiger charge is 2.26. The molecule has 0 bridgehead atoms. The molecule has 2 N–H and O–H groups in total. The number of carbonyl (C=O) groups is 1. The maximum atomic E-state index is 12.6. The van der Waals surface area contributed by atoms with Gasteiger partial charge in [-0.05, 0) is 49.9 Å². The van der Waals surface area contributed by atoms with Gasteiger partial charge in [0.15, 0.2) is 0 Å². The first-order chi connectivity index (χ1) is 10.5. The van der Waals surface area contributed by atoms with Crippen LogP contribution in [0.4, 0.5) is 5.88 Å². The zero-order chi connectivity index (χ0) is 15.7. The zero-order valence-electron chi connectivity index (χ0n) is 13.0. The van der Waals surface area contributed by atoms with E-state index in [9.17, 15) is 4.79 Å². The molecule has 0 aliphatic carbocycles. The standard InChI is InChI=1S/C17H21N3O2/c1-11-3-4-14(9-12(11)2)17(21)20-7-5-13(6-8-20)15-10-16(18)22-19-15/h3-4,9-10,13H,5-8,18H2,1-2H3. The molecule has 3 rings (SSSR count). The van der Waals surface area contributed by atoms with E-state index in [1.54, 1.807) is 6.07 Å². The molecule has 2 heterocycles. The number of benzene rings is 1. The van der Waals surface area contributed by atoms with Crippen molar-refractivity contribution in [2.24, 2.45) is 0 Å². The van der Waals surface area contributed by atoms with Gasteiger partial charge in [0.05, 0.1) is 5.69 Å². The highest BCUT2D eigenvalue weighted by molar-refractivity contribution is 5.94. The van der Waals surface area contributed by atoms with Crippen LogP contribution >= 0.6 is 0 Å². The molecule has 2 aromatic rings. The Hall–Kier alpha value is -2.30. The molecule has 0 atom stereocenters. The molecule has 5 nitrogen and oxygen atoms in total. The minimum Gasteiger partial charge on any atom is -0.368 e. The molecular formula is C17H21N3O2. The lowest BCUT2D eigenvalue weighted by atomic mass is 9.93. The van der Waals surface area contributed by atoms with E-state index >= 15 is 0 Å². The lowest BCUT2D eigenvalue weighted by Gasteiger charge is -2.31. The molecule has 0 radical (unpaired) electrons. The Labute approximate surface area is 130 Å². The van der Waals surface area contributed by atoms with Crippen LogP contribution < -0.4 is 5.73 Å². The molecule has 0 spiro atoms. The Morgan fingerprint density at radius 3 is 2.55 bits per heavy atom. The van der Waals surface area contributed by atoms with Gasteiger partial charge in [-0.1, -0.05) is 11.2 Å². The summed E-state index contributed by atoms with van der Waals surface area (Å²) in [6.07, 6.45) is 1.78. The van der Waals surface area contributed by atoms with Gasteiger partial charge in [-0.2, -0.15) is 0 Å². The van der Waals surface area contributed by atoms with Crippen LogP contribution in [0.1, 0.15) is 45.9 Å². The molecule has 22 heavy (non-hydrogen) atoms. The average molecular weight is 299 g/mol. The van der Waals surface area contributed by atoms with Gasteiger partial charge >= 0.3 is 0 Å². The molecule has 5 heteroatoms. The molecule has 0 saturated carbocycles. The van der Waals surface area contributed by atoms with E-state index in [2.05, 4.69) is 12.1 Å². The van der Waals surface area contributed by atoms with Crippen LogP contribution in [0, 0.1) is 13.8 Å². The summed E-state index contributed by atoms with van der Waals surface area (Å²) in [7, 11) is 0. The second-order valence-electron chi connectivity index (χ2n) is 6.02. The van der Waals surface area contributed by atoms with Gasteiger partial charge in [0, 0.05) is 30.6 Å². The van der Waals surface area contributed by atoms with Crippen molar-refractivity contribution in [3.8, 4) is 0 Å². The third-order valence-corrected chi connectivity index (χ3v) is 4.50. The molecule has 0 unspecified atom stereocenters. The number of aromatic nitrogens is 1. The van der Waals surface area contributed by atoms with Gasteiger partial charge in [0.2, 0.25) is 5.88 Å². The lowest BCUT2D eigenvalue weighted by molar-refractivity contribution is 0.0711. The van der Waals surface area contributed by atoms with Gasteiger partial charge in [-0.15, -0.1) is 0 Å². The largest absolute Gasteiger partial charge is 0.368 e. The van der Waals surface area contributed by atoms with Gasteiger partial charge in [0.1, 0.15) is 0 Å². The van der Waals surface area contributed by atoms with Crippen molar-refractivity contribution in [3.63, 3.8) is 0 Å². The number of rotatable bonds is 2. The SMILES string of the molecule is Cc1ccc(C(=O)N2CCC(c3cc(N)on3)CC2)cc1C. The highest BCUT2D eigenvalue weighted by Crippen LogP contribution is 2.28.